The molecule has 0 aliphatic rings. The van der Waals surface area contributed by atoms with E-state index in [2.05, 4.69) is 63.7 Å². The number of carbonyl (C=O) groups excluding carboxylic acids is 1. The van der Waals surface area contributed by atoms with Gasteiger partial charge in [0.2, 0.25) is 5.78 Å². The lowest BCUT2D eigenvalue weighted by Gasteiger charge is -2.00. The van der Waals surface area contributed by atoms with Gasteiger partial charge in [-0.1, -0.05) is 31.9 Å². The van der Waals surface area contributed by atoms with Gasteiger partial charge in [-0.15, -0.1) is 11.3 Å². The summed E-state index contributed by atoms with van der Waals surface area (Å²) in [5, 5.41) is 0. The first-order valence-corrected chi connectivity index (χ1v) is 8.42. The Bertz CT molecular complexity index is 551. The van der Waals surface area contributed by atoms with Crippen molar-refractivity contribution in [2.24, 2.45) is 0 Å². The van der Waals surface area contributed by atoms with Crippen LogP contribution in [-0.2, 0) is 0 Å². The molecular weight excluding hydrogens is 500 g/mol. The van der Waals surface area contributed by atoms with E-state index in [1.165, 1.54) is 11.3 Å². The van der Waals surface area contributed by atoms with Crippen molar-refractivity contribution in [2.75, 3.05) is 0 Å². The van der Waals surface area contributed by atoms with Gasteiger partial charge in [0.1, 0.15) is 0 Å². The summed E-state index contributed by atoms with van der Waals surface area (Å²) in [5.74, 6) is 0.0170. The number of thiophene rings is 1. The van der Waals surface area contributed by atoms with Crippen molar-refractivity contribution >= 4 is 80.8 Å². The summed E-state index contributed by atoms with van der Waals surface area (Å²) in [5.41, 5.74) is 0.660. The first kappa shape index (κ1) is 13.9. The van der Waals surface area contributed by atoms with Crippen LogP contribution < -0.4 is 0 Å². The van der Waals surface area contributed by atoms with Crippen LogP contribution in [0, 0.1) is 0 Å². The highest BCUT2D eigenvalue weighted by atomic mass is 79.9. The highest BCUT2D eigenvalue weighted by Gasteiger charge is 2.15. The van der Waals surface area contributed by atoms with Gasteiger partial charge in [-0.2, -0.15) is 0 Å². The van der Waals surface area contributed by atoms with E-state index in [9.17, 15) is 4.79 Å². The minimum atomic E-state index is 0.0170. The van der Waals surface area contributed by atoms with E-state index >= 15 is 0 Å². The average Bonchev–Trinajstić information content (AvgIpc) is 2.57. The fourth-order valence-corrected chi connectivity index (χ4v) is 4.58. The summed E-state index contributed by atoms with van der Waals surface area (Å²) in [6, 6.07) is 7.35. The molecule has 0 aliphatic carbocycles. The molecule has 2 aromatic rings. The summed E-state index contributed by atoms with van der Waals surface area (Å²) in [6.07, 6.45) is 0. The lowest BCUT2D eigenvalue weighted by Crippen LogP contribution is -1.98. The Kier molecular flexibility index (Phi) is 4.63. The second-order valence-corrected chi connectivity index (χ2v) is 8.28. The van der Waals surface area contributed by atoms with E-state index in [-0.39, 0.29) is 5.78 Å². The smallest absolute Gasteiger partial charge is 0.203 e. The van der Waals surface area contributed by atoms with Crippen LogP contribution >= 0.6 is 75.1 Å². The van der Waals surface area contributed by atoms with Crippen molar-refractivity contribution in [1.29, 1.82) is 0 Å². The van der Waals surface area contributed by atoms with E-state index in [1.807, 2.05) is 24.3 Å². The summed E-state index contributed by atoms with van der Waals surface area (Å²) in [6.45, 7) is 0. The minimum Gasteiger partial charge on any atom is -0.288 e. The topological polar surface area (TPSA) is 17.1 Å². The molecule has 0 fully saturated rings. The average molecular weight is 504 g/mol. The van der Waals surface area contributed by atoms with Gasteiger partial charge in [-0.3, -0.25) is 4.79 Å². The van der Waals surface area contributed by atoms with Crippen LogP contribution in [0.1, 0.15) is 15.2 Å². The maximum Gasteiger partial charge on any atom is 0.203 e. The quantitative estimate of drug-likeness (QED) is 0.457. The third-order valence-corrected chi connectivity index (χ3v) is 6.16. The van der Waals surface area contributed by atoms with Crippen LogP contribution in [0.4, 0.5) is 0 Å². The van der Waals surface area contributed by atoms with Crippen LogP contribution in [0.25, 0.3) is 0 Å². The number of hydrogen-bond acceptors (Lipinski definition) is 2. The van der Waals surface area contributed by atoms with Gasteiger partial charge in [-0.25, -0.2) is 0 Å². The van der Waals surface area contributed by atoms with Gasteiger partial charge < -0.3 is 0 Å². The van der Waals surface area contributed by atoms with Gasteiger partial charge in [0.25, 0.3) is 0 Å². The fraction of sp³-hybridized carbons (Fsp3) is 0. The molecule has 6 heteroatoms. The van der Waals surface area contributed by atoms with Gasteiger partial charge in [0, 0.05) is 19.0 Å². The third-order valence-electron chi connectivity index (χ3n) is 1.99. The number of halogens is 4. The molecule has 0 aliphatic heterocycles. The molecule has 17 heavy (non-hydrogen) atoms. The Morgan fingerprint density at radius 1 is 0.941 bits per heavy atom. The zero-order valence-electron chi connectivity index (χ0n) is 8.14. The summed E-state index contributed by atoms with van der Waals surface area (Å²) in [7, 11) is 0. The highest BCUT2D eigenvalue weighted by Crippen LogP contribution is 2.34. The molecule has 0 saturated carbocycles. The van der Waals surface area contributed by atoms with Crippen LogP contribution in [-0.4, -0.2) is 5.78 Å². The number of carbonyl (C=O) groups is 1. The molecule has 1 aromatic heterocycles. The molecular formula is C11H4Br4OS. The van der Waals surface area contributed by atoms with E-state index in [1.54, 1.807) is 0 Å². The first-order valence-electron chi connectivity index (χ1n) is 4.43. The molecule has 0 spiro atoms. The predicted octanol–water partition coefficient (Wildman–Crippen LogP) is 6.03. The number of hydrogen-bond donors (Lipinski definition) is 0. The van der Waals surface area contributed by atoms with Gasteiger partial charge in [0.15, 0.2) is 0 Å². The van der Waals surface area contributed by atoms with E-state index < -0.39 is 0 Å². The maximum absolute atomic E-state index is 12.2. The van der Waals surface area contributed by atoms with Crippen molar-refractivity contribution in [3.63, 3.8) is 0 Å². The number of benzene rings is 1. The Balaban J connectivity index is 2.43. The van der Waals surface area contributed by atoms with Crippen LogP contribution in [0.5, 0.6) is 0 Å². The molecule has 2 rings (SSSR count). The zero-order valence-corrected chi connectivity index (χ0v) is 15.3. The molecule has 0 saturated heterocycles. The second kappa shape index (κ2) is 5.65. The monoisotopic (exact) mass is 500 g/mol. The summed E-state index contributed by atoms with van der Waals surface area (Å²) < 4.78 is 3.59. The SMILES string of the molecule is O=C(c1cc(Br)cc(Br)c1)c1cc(Br)c(Br)s1. The molecule has 0 radical (unpaired) electrons. The Hall–Kier alpha value is 0.510. The normalized spacial score (nSPS) is 10.6. The first-order chi connectivity index (χ1) is 7.97. The minimum absolute atomic E-state index is 0.0170. The van der Waals surface area contributed by atoms with Gasteiger partial charge in [0.05, 0.1) is 8.66 Å². The largest absolute Gasteiger partial charge is 0.288 e. The Morgan fingerprint density at radius 2 is 1.53 bits per heavy atom. The summed E-state index contributed by atoms with van der Waals surface area (Å²) >= 11 is 14.9. The molecule has 1 nitrogen and oxygen atoms in total. The molecule has 1 heterocycles. The standard InChI is InChI=1S/C11H4Br4OS/c12-6-1-5(2-7(13)3-6)10(16)9-4-8(14)11(15)17-9/h1-4H. The molecule has 88 valence electrons. The lowest BCUT2D eigenvalue weighted by atomic mass is 10.1. The van der Waals surface area contributed by atoms with E-state index in [0.29, 0.717) is 10.4 Å². The number of rotatable bonds is 2. The molecule has 0 unspecified atom stereocenters. The molecule has 0 atom stereocenters. The van der Waals surface area contributed by atoms with E-state index in [0.717, 1.165) is 17.2 Å². The molecule has 0 bridgehead atoms. The van der Waals surface area contributed by atoms with Crippen LogP contribution in [0.15, 0.2) is 41.5 Å². The van der Waals surface area contributed by atoms with Crippen LogP contribution in [0.2, 0.25) is 0 Å². The van der Waals surface area contributed by atoms with Crippen LogP contribution in [0.3, 0.4) is 0 Å². The van der Waals surface area contributed by atoms with Gasteiger partial charge in [-0.05, 0) is 56.1 Å². The van der Waals surface area contributed by atoms with E-state index in [4.69, 9.17) is 0 Å². The van der Waals surface area contributed by atoms with Crippen molar-refractivity contribution in [1.82, 2.24) is 0 Å². The summed E-state index contributed by atoms with van der Waals surface area (Å²) in [4.78, 5) is 12.9. The molecule has 0 amide bonds. The third kappa shape index (κ3) is 3.29. The van der Waals surface area contributed by atoms with Crippen molar-refractivity contribution in [3.8, 4) is 0 Å². The van der Waals surface area contributed by atoms with Gasteiger partial charge >= 0.3 is 0 Å². The predicted molar refractivity (Wildman–Crippen MR) is 85.0 cm³/mol. The van der Waals surface area contributed by atoms with Crippen molar-refractivity contribution in [2.45, 2.75) is 0 Å². The molecule has 1 aromatic carbocycles. The lowest BCUT2D eigenvalue weighted by molar-refractivity contribution is 0.104. The Labute approximate surface area is 136 Å². The molecule has 0 N–H and O–H groups in total. The zero-order chi connectivity index (χ0) is 12.6. The Morgan fingerprint density at radius 3 is 2.00 bits per heavy atom. The second-order valence-electron chi connectivity index (χ2n) is 3.22. The van der Waals surface area contributed by atoms with Crippen molar-refractivity contribution in [3.05, 3.63) is 51.9 Å². The fourth-order valence-electron chi connectivity index (χ4n) is 1.29. The van der Waals surface area contributed by atoms with Crippen molar-refractivity contribution < 1.29 is 4.79 Å². The highest BCUT2D eigenvalue weighted by molar-refractivity contribution is 9.13. The number of ketones is 1. The maximum atomic E-state index is 12.2.